The molecule has 2 atom stereocenters. The normalized spacial score (nSPS) is 12.4. The standard InChI is InChI=1S/C23H27N3O5/c1-15(22(24)30)25-23(31)19(12-14-21(28)29)26-20(27)13-9-16-7-10-18(11-8-16)17-5-3-2-4-6-17/h2-8,10-11,15,19H,9,12-14H2,1H3,(H2,24,30)(H,25,31)(H,26,27)(H,28,29)/t15-,19-/m0/s1. The van der Waals surface area contributed by atoms with Gasteiger partial charge in [0.25, 0.3) is 0 Å². The Balaban J connectivity index is 1.92. The molecule has 8 heteroatoms. The van der Waals surface area contributed by atoms with Gasteiger partial charge < -0.3 is 21.5 Å². The average molecular weight is 425 g/mol. The van der Waals surface area contributed by atoms with Crippen LogP contribution in [-0.4, -0.2) is 40.9 Å². The van der Waals surface area contributed by atoms with Crippen molar-refractivity contribution in [3.8, 4) is 11.1 Å². The van der Waals surface area contributed by atoms with E-state index in [0.29, 0.717) is 6.42 Å². The van der Waals surface area contributed by atoms with Gasteiger partial charge in [0.1, 0.15) is 12.1 Å². The smallest absolute Gasteiger partial charge is 0.303 e. The summed E-state index contributed by atoms with van der Waals surface area (Å²) in [6.45, 7) is 1.41. The van der Waals surface area contributed by atoms with E-state index in [2.05, 4.69) is 10.6 Å². The van der Waals surface area contributed by atoms with Crippen molar-refractivity contribution in [1.82, 2.24) is 10.6 Å². The molecule has 0 spiro atoms. The first-order valence-electron chi connectivity index (χ1n) is 10.0. The number of carbonyl (C=O) groups excluding carboxylic acids is 3. The molecular formula is C23H27N3O5. The molecule has 0 radical (unpaired) electrons. The molecule has 0 aliphatic heterocycles. The molecule has 31 heavy (non-hydrogen) atoms. The number of benzene rings is 2. The minimum absolute atomic E-state index is 0.0931. The van der Waals surface area contributed by atoms with E-state index in [0.717, 1.165) is 16.7 Å². The molecule has 2 aromatic carbocycles. The fourth-order valence-electron chi connectivity index (χ4n) is 2.94. The van der Waals surface area contributed by atoms with Crippen LogP contribution in [0.2, 0.25) is 0 Å². The molecule has 0 bridgehead atoms. The molecule has 2 aromatic rings. The lowest BCUT2D eigenvalue weighted by atomic mass is 10.0. The maximum Gasteiger partial charge on any atom is 0.303 e. The molecule has 3 amide bonds. The Morgan fingerprint density at radius 2 is 1.52 bits per heavy atom. The van der Waals surface area contributed by atoms with Gasteiger partial charge in [-0.05, 0) is 36.5 Å². The highest BCUT2D eigenvalue weighted by Gasteiger charge is 2.24. The number of primary amides is 1. The fourth-order valence-corrected chi connectivity index (χ4v) is 2.94. The molecule has 164 valence electrons. The minimum Gasteiger partial charge on any atom is -0.481 e. The first-order chi connectivity index (χ1) is 14.8. The summed E-state index contributed by atoms with van der Waals surface area (Å²) < 4.78 is 0. The molecular weight excluding hydrogens is 398 g/mol. The topological polar surface area (TPSA) is 139 Å². The Morgan fingerprint density at radius 1 is 0.903 bits per heavy atom. The lowest BCUT2D eigenvalue weighted by Crippen LogP contribution is -2.52. The van der Waals surface area contributed by atoms with Crippen molar-refractivity contribution < 1.29 is 24.3 Å². The monoisotopic (exact) mass is 425 g/mol. The van der Waals surface area contributed by atoms with E-state index in [1.165, 1.54) is 6.92 Å². The number of aryl methyl sites for hydroxylation is 1. The van der Waals surface area contributed by atoms with E-state index in [-0.39, 0.29) is 25.2 Å². The summed E-state index contributed by atoms with van der Waals surface area (Å²) in [5.74, 6) is -2.85. The summed E-state index contributed by atoms with van der Waals surface area (Å²) in [5, 5.41) is 13.8. The predicted octanol–water partition coefficient (Wildman–Crippen LogP) is 1.63. The molecule has 0 unspecified atom stereocenters. The van der Waals surface area contributed by atoms with Gasteiger partial charge in [0.05, 0.1) is 0 Å². The first-order valence-corrected chi connectivity index (χ1v) is 10.0. The number of carboxylic acid groups (broad SMARTS) is 1. The van der Waals surface area contributed by atoms with Crippen molar-refractivity contribution in [2.45, 2.75) is 44.7 Å². The number of amides is 3. The van der Waals surface area contributed by atoms with Gasteiger partial charge in [-0.15, -0.1) is 0 Å². The predicted molar refractivity (Wildman–Crippen MR) is 116 cm³/mol. The molecule has 0 saturated carbocycles. The maximum atomic E-state index is 12.4. The average Bonchev–Trinajstić information content (AvgIpc) is 2.75. The van der Waals surface area contributed by atoms with Crippen LogP contribution in [0.15, 0.2) is 54.6 Å². The number of carbonyl (C=O) groups is 4. The van der Waals surface area contributed by atoms with Gasteiger partial charge in [0.15, 0.2) is 0 Å². The van der Waals surface area contributed by atoms with Crippen LogP contribution >= 0.6 is 0 Å². The van der Waals surface area contributed by atoms with Crippen LogP contribution in [0, 0.1) is 0 Å². The third kappa shape index (κ3) is 7.93. The Morgan fingerprint density at radius 3 is 2.10 bits per heavy atom. The van der Waals surface area contributed by atoms with Crippen molar-refractivity contribution in [1.29, 1.82) is 0 Å². The van der Waals surface area contributed by atoms with Gasteiger partial charge in [-0.3, -0.25) is 19.2 Å². The van der Waals surface area contributed by atoms with Crippen LogP contribution in [-0.2, 0) is 25.6 Å². The fraction of sp³-hybridized carbons (Fsp3) is 0.304. The van der Waals surface area contributed by atoms with Gasteiger partial charge in [-0.25, -0.2) is 0 Å². The summed E-state index contributed by atoms with van der Waals surface area (Å²) in [4.78, 5) is 46.7. The van der Waals surface area contributed by atoms with Crippen LogP contribution in [0.5, 0.6) is 0 Å². The second-order valence-electron chi connectivity index (χ2n) is 7.25. The second kappa shape index (κ2) is 11.5. The number of rotatable bonds is 11. The summed E-state index contributed by atoms with van der Waals surface area (Å²) in [6, 6.07) is 15.8. The lowest BCUT2D eigenvalue weighted by Gasteiger charge is -2.19. The van der Waals surface area contributed by atoms with Crippen LogP contribution in [0.3, 0.4) is 0 Å². The lowest BCUT2D eigenvalue weighted by molar-refractivity contribution is -0.138. The first kappa shape index (κ1) is 23.6. The second-order valence-corrected chi connectivity index (χ2v) is 7.25. The number of nitrogens with two attached hydrogens (primary N) is 1. The highest BCUT2D eigenvalue weighted by molar-refractivity contribution is 5.91. The summed E-state index contributed by atoms with van der Waals surface area (Å²) >= 11 is 0. The van der Waals surface area contributed by atoms with Gasteiger partial charge in [-0.2, -0.15) is 0 Å². The molecule has 5 N–H and O–H groups in total. The van der Waals surface area contributed by atoms with Crippen molar-refractivity contribution >= 4 is 23.7 Å². The van der Waals surface area contributed by atoms with E-state index < -0.39 is 29.9 Å². The van der Waals surface area contributed by atoms with E-state index in [4.69, 9.17) is 10.8 Å². The van der Waals surface area contributed by atoms with E-state index in [1.54, 1.807) is 0 Å². The van der Waals surface area contributed by atoms with Gasteiger partial charge in [0.2, 0.25) is 17.7 Å². The molecule has 0 aliphatic rings. The summed E-state index contributed by atoms with van der Waals surface area (Å²) in [6.07, 6.45) is 0.202. The van der Waals surface area contributed by atoms with E-state index in [1.807, 2.05) is 54.6 Å². The number of aliphatic carboxylic acids is 1. The number of nitrogens with one attached hydrogen (secondary N) is 2. The SMILES string of the molecule is C[C@H](NC(=O)[C@H](CCC(=O)O)NC(=O)CCc1ccc(-c2ccccc2)cc1)C(N)=O. The Labute approximate surface area is 180 Å². The number of carboxylic acids is 1. The summed E-state index contributed by atoms with van der Waals surface area (Å²) in [5.41, 5.74) is 8.27. The zero-order valence-electron chi connectivity index (χ0n) is 17.3. The van der Waals surface area contributed by atoms with E-state index >= 15 is 0 Å². The summed E-state index contributed by atoms with van der Waals surface area (Å²) in [7, 11) is 0. The molecule has 0 saturated heterocycles. The zero-order valence-corrected chi connectivity index (χ0v) is 17.3. The van der Waals surface area contributed by atoms with Gasteiger partial charge in [-0.1, -0.05) is 54.6 Å². The van der Waals surface area contributed by atoms with Crippen molar-refractivity contribution in [2.24, 2.45) is 5.73 Å². The largest absolute Gasteiger partial charge is 0.481 e. The van der Waals surface area contributed by atoms with Crippen molar-refractivity contribution in [3.05, 3.63) is 60.2 Å². The molecule has 0 fully saturated rings. The number of hydrogen-bond donors (Lipinski definition) is 4. The van der Waals surface area contributed by atoms with Gasteiger partial charge >= 0.3 is 5.97 Å². The Hall–Kier alpha value is -3.68. The van der Waals surface area contributed by atoms with Crippen molar-refractivity contribution in [2.75, 3.05) is 0 Å². The maximum absolute atomic E-state index is 12.4. The molecule has 0 aromatic heterocycles. The van der Waals surface area contributed by atoms with Crippen LogP contribution < -0.4 is 16.4 Å². The highest BCUT2D eigenvalue weighted by Crippen LogP contribution is 2.19. The minimum atomic E-state index is -1.09. The molecule has 8 nitrogen and oxygen atoms in total. The van der Waals surface area contributed by atoms with Crippen LogP contribution in [0.25, 0.3) is 11.1 Å². The third-order valence-electron chi connectivity index (χ3n) is 4.79. The molecule has 0 heterocycles. The third-order valence-corrected chi connectivity index (χ3v) is 4.79. The Kier molecular flexibility index (Phi) is 8.75. The number of hydrogen-bond acceptors (Lipinski definition) is 4. The van der Waals surface area contributed by atoms with Gasteiger partial charge in [0, 0.05) is 12.8 Å². The quantitative estimate of drug-likeness (QED) is 0.433. The van der Waals surface area contributed by atoms with Crippen LogP contribution in [0.4, 0.5) is 0 Å². The molecule has 2 rings (SSSR count). The molecule has 0 aliphatic carbocycles. The van der Waals surface area contributed by atoms with E-state index in [9.17, 15) is 19.2 Å². The van der Waals surface area contributed by atoms with Crippen LogP contribution in [0.1, 0.15) is 31.7 Å². The Bertz CT molecular complexity index is 913. The zero-order chi connectivity index (χ0) is 22.8. The highest BCUT2D eigenvalue weighted by atomic mass is 16.4. The van der Waals surface area contributed by atoms with Crippen molar-refractivity contribution in [3.63, 3.8) is 0 Å².